The van der Waals surface area contributed by atoms with E-state index >= 15 is 0 Å². The highest BCUT2D eigenvalue weighted by atomic mass is 35.5. The predicted molar refractivity (Wildman–Crippen MR) is 97.0 cm³/mol. The lowest BCUT2D eigenvalue weighted by Gasteiger charge is -2.11. The summed E-state index contributed by atoms with van der Waals surface area (Å²) in [6.45, 7) is 2.02. The van der Waals surface area contributed by atoms with Gasteiger partial charge in [-0.2, -0.15) is 0 Å². The molecule has 2 aromatic carbocycles. The molecule has 0 aliphatic rings. The lowest BCUT2D eigenvalue weighted by molar-refractivity contribution is 0.251. The Morgan fingerprint density at radius 1 is 1.08 bits per heavy atom. The lowest BCUT2D eigenvalue weighted by Crippen LogP contribution is -2.28. The van der Waals surface area contributed by atoms with Crippen molar-refractivity contribution in [3.63, 3.8) is 0 Å². The summed E-state index contributed by atoms with van der Waals surface area (Å²) in [4.78, 5) is 11.9. The number of rotatable bonds is 5. The Morgan fingerprint density at radius 3 is 2.21 bits per heavy atom. The fourth-order valence-corrected chi connectivity index (χ4v) is 2.82. The zero-order valence-corrected chi connectivity index (χ0v) is 15.0. The van der Waals surface area contributed by atoms with Crippen LogP contribution in [0.3, 0.4) is 0 Å². The molecule has 2 N–H and O–H groups in total. The normalized spacial score (nSPS) is 12.5. The molecule has 7 heteroatoms. The van der Waals surface area contributed by atoms with Crippen LogP contribution in [0.2, 0.25) is 5.02 Å². The van der Waals surface area contributed by atoms with Crippen molar-refractivity contribution >= 4 is 33.2 Å². The van der Waals surface area contributed by atoms with Crippen molar-refractivity contribution < 1.29 is 13.2 Å². The largest absolute Gasteiger partial charge is 0.334 e. The summed E-state index contributed by atoms with van der Waals surface area (Å²) in [6.07, 6.45) is 1.20. The molecule has 2 amide bonds. The van der Waals surface area contributed by atoms with E-state index in [4.69, 9.17) is 11.6 Å². The second kappa shape index (κ2) is 7.68. The van der Waals surface area contributed by atoms with Gasteiger partial charge in [0.25, 0.3) is 0 Å². The molecule has 5 nitrogen and oxygen atoms in total. The number of carbonyl (C=O) groups is 1. The van der Waals surface area contributed by atoms with Crippen LogP contribution in [0.5, 0.6) is 0 Å². The molecule has 0 aliphatic carbocycles. The van der Waals surface area contributed by atoms with Crippen LogP contribution in [0.4, 0.5) is 10.5 Å². The highest BCUT2D eigenvalue weighted by Gasteiger charge is 2.16. The Hall–Kier alpha value is -2.05. The molecule has 1 atom stereocenters. The summed E-state index contributed by atoms with van der Waals surface area (Å²) >= 11 is 5.81. The van der Waals surface area contributed by atoms with Crippen molar-refractivity contribution in [2.75, 3.05) is 11.6 Å². The van der Waals surface area contributed by atoms with Crippen molar-refractivity contribution in [1.82, 2.24) is 5.32 Å². The lowest BCUT2D eigenvalue weighted by atomic mass is 10.1. The fourth-order valence-electron chi connectivity index (χ4n) is 2.04. The number of halogens is 1. The summed E-state index contributed by atoms with van der Waals surface area (Å²) in [6, 6.07) is 13.6. The van der Waals surface area contributed by atoms with Crippen LogP contribution in [0.15, 0.2) is 48.5 Å². The average Bonchev–Trinajstić information content (AvgIpc) is 2.53. The first kappa shape index (κ1) is 18.3. The maximum Gasteiger partial charge on any atom is 0.319 e. The first-order chi connectivity index (χ1) is 11.3. The van der Waals surface area contributed by atoms with Crippen molar-refractivity contribution in [1.29, 1.82) is 0 Å². The Bertz CT molecular complexity index is 803. The first-order valence-corrected chi connectivity index (χ1v) is 9.67. The first-order valence-electron chi connectivity index (χ1n) is 7.34. The minimum Gasteiger partial charge on any atom is -0.334 e. The summed E-state index contributed by atoms with van der Waals surface area (Å²) in [5, 5.41) is 5.51. The second-order valence-corrected chi connectivity index (χ2v) is 8.33. The fraction of sp³-hybridized carbons (Fsp3) is 0.235. The number of urea groups is 1. The van der Waals surface area contributed by atoms with E-state index in [0.29, 0.717) is 22.8 Å². The summed E-state index contributed by atoms with van der Waals surface area (Å²) < 4.78 is 23.1. The molecule has 24 heavy (non-hydrogen) atoms. The third kappa shape index (κ3) is 5.25. The summed E-state index contributed by atoms with van der Waals surface area (Å²) in [7, 11) is -3.14. The highest BCUT2D eigenvalue weighted by molar-refractivity contribution is 7.90. The van der Waals surface area contributed by atoms with E-state index < -0.39 is 15.1 Å². The number of anilines is 1. The Labute approximate surface area is 147 Å². The third-order valence-corrected chi connectivity index (χ3v) is 5.46. The number of sulfone groups is 1. The van der Waals surface area contributed by atoms with E-state index in [1.807, 2.05) is 12.1 Å². The van der Waals surface area contributed by atoms with Gasteiger partial charge < -0.3 is 10.6 Å². The van der Waals surface area contributed by atoms with Crippen molar-refractivity contribution in [3.8, 4) is 0 Å². The maximum atomic E-state index is 11.9. The smallest absolute Gasteiger partial charge is 0.319 e. The molecule has 0 radical (unpaired) electrons. The van der Waals surface area contributed by atoms with Crippen LogP contribution >= 0.6 is 11.6 Å². The van der Waals surface area contributed by atoms with Crippen LogP contribution in [0.25, 0.3) is 0 Å². The van der Waals surface area contributed by atoms with E-state index in [9.17, 15) is 13.2 Å². The molecular weight excluding hydrogens is 348 g/mol. The van der Waals surface area contributed by atoms with Gasteiger partial charge in [-0.1, -0.05) is 35.9 Å². The molecule has 0 spiro atoms. The summed E-state index contributed by atoms with van der Waals surface area (Å²) in [5.41, 5.74) is 2.21. The van der Waals surface area contributed by atoms with Gasteiger partial charge in [-0.25, -0.2) is 13.2 Å². The van der Waals surface area contributed by atoms with Gasteiger partial charge in [-0.15, -0.1) is 0 Å². The van der Waals surface area contributed by atoms with Gasteiger partial charge in [0.05, 0.1) is 5.25 Å². The third-order valence-electron chi connectivity index (χ3n) is 3.65. The maximum absolute atomic E-state index is 11.9. The average molecular weight is 367 g/mol. The van der Waals surface area contributed by atoms with Crippen LogP contribution in [0, 0.1) is 0 Å². The molecule has 0 saturated heterocycles. The Balaban J connectivity index is 1.91. The molecule has 0 heterocycles. The number of benzene rings is 2. The van der Waals surface area contributed by atoms with Gasteiger partial charge in [-0.05, 0) is 42.3 Å². The molecule has 0 bridgehead atoms. The van der Waals surface area contributed by atoms with Gasteiger partial charge >= 0.3 is 6.03 Å². The number of nitrogens with one attached hydrogen (secondary N) is 2. The number of amides is 2. The quantitative estimate of drug-likeness (QED) is 0.845. The Morgan fingerprint density at radius 2 is 1.67 bits per heavy atom. The molecule has 0 fully saturated rings. The van der Waals surface area contributed by atoms with E-state index in [0.717, 1.165) is 5.56 Å². The minimum absolute atomic E-state index is 0.339. The highest BCUT2D eigenvalue weighted by Crippen LogP contribution is 2.22. The van der Waals surface area contributed by atoms with Crippen molar-refractivity contribution in [2.45, 2.75) is 18.7 Å². The molecule has 2 aromatic rings. The SMILES string of the molecule is CC(c1ccc(NC(=O)NCc2ccc(Cl)cc2)cc1)S(C)(=O)=O. The molecule has 0 saturated carbocycles. The molecule has 0 aromatic heterocycles. The van der Waals surface area contributed by atoms with E-state index in [1.165, 1.54) is 6.26 Å². The molecule has 2 rings (SSSR count). The zero-order valence-electron chi connectivity index (χ0n) is 13.4. The van der Waals surface area contributed by atoms with Crippen molar-refractivity contribution in [2.24, 2.45) is 0 Å². The topological polar surface area (TPSA) is 75.3 Å². The zero-order chi connectivity index (χ0) is 17.7. The monoisotopic (exact) mass is 366 g/mol. The minimum atomic E-state index is -3.14. The predicted octanol–water partition coefficient (Wildman–Crippen LogP) is 3.77. The van der Waals surface area contributed by atoms with Gasteiger partial charge in [0.1, 0.15) is 0 Å². The van der Waals surface area contributed by atoms with E-state index in [2.05, 4.69) is 10.6 Å². The van der Waals surface area contributed by atoms with Gasteiger partial charge in [-0.3, -0.25) is 0 Å². The van der Waals surface area contributed by atoms with Gasteiger partial charge in [0.2, 0.25) is 0 Å². The van der Waals surface area contributed by atoms with Gasteiger partial charge in [0.15, 0.2) is 9.84 Å². The van der Waals surface area contributed by atoms with Crippen molar-refractivity contribution in [3.05, 3.63) is 64.7 Å². The van der Waals surface area contributed by atoms with Crippen LogP contribution in [-0.2, 0) is 16.4 Å². The van der Waals surface area contributed by atoms with E-state index in [-0.39, 0.29) is 6.03 Å². The second-order valence-electron chi connectivity index (χ2n) is 5.53. The Kier molecular flexibility index (Phi) is 5.85. The number of carbonyl (C=O) groups excluding carboxylic acids is 1. The molecule has 128 valence electrons. The molecule has 1 unspecified atom stereocenters. The van der Waals surface area contributed by atoms with Crippen LogP contribution < -0.4 is 10.6 Å². The summed E-state index contributed by atoms with van der Waals surface area (Å²) in [5.74, 6) is 0. The molecular formula is C17H19ClN2O3S. The molecule has 0 aliphatic heterocycles. The van der Waals surface area contributed by atoms with E-state index in [1.54, 1.807) is 43.3 Å². The number of hydrogen-bond acceptors (Lipinski definition) is 3. The van der Waals surface area contributed by atoms with Gasteiger partial charge in [0, 0.05) is 23.5 Å². The van der Waals surface area contributed by atoms with Crippen LogP contribution in [0.1, 0.15) is 23.3 Å². The standard InChI is InChI=1S/C17H19ClN2O3S/c1-12(24(2,22)23)14-5-9-16(10-6-14)20-17(21)19-11-13-3-7-15(18)8-4-13/h3-10,12H,11H2,1-2H3,(H2,19,20,21). The number of hydrogen-bond donors (Lipinski definition) is 2. The van der Waals surface area contributed by atoms with Crippen LogP contribution in [-0.4, -0.2) is 20.7 Å².